The lowest BCUT2D eigenvalue weighted by atomic mass is 9.84. The number of carboxylic acid groups (broad SMARTS) is 1. The molecule has 0 aromatic heterocycles. The van der Waals surface area contributed by atoms with Crippen molar-refractivity contribution >= 4 is 5.97 Å². The largest absolute Gasteiger partial charge is 0.481 e. The second kappa shape index (κ2) is 12.7. The van der Waals surface area contributed by atoms with Crippen molar-refractivity contribution in [1.29, 1.82) is 0 Å². The van der Waals surface area contributed by atoms with E-state index < -0.39 is 5.97 Å². The highest BCUT2D eigenvalue weighted by Gasteiger charge is 2.38. The van der Waals surface area contributed by atoms with E-state index in [1.54, 1.807) is 0 Å². The van der Waals surface area contributed by atoms with E-state index in [0.29, 0.717) is 0 Å². The summed E-state index contributed by atoms with van der Waals surface area (Å²) in [6, 6.07) is 0. The van der Waals surface area contributed by atoms with Gasteiger partial charge in [-0.15, -0.1) is 0 Å². The fraction of sp³-hybridized carbons (Fsp3) is 0.950. The standard InChI is InChI=1S/C20H38O4/c1-2-3-4-5-9-12-18(21)17-14-15-19(22)16(17)11-8-6-7-10-13-20(23)24/h16-19,21-22H,2-15H2,1H3,(H,23,24)/t16-,17-,18?,19+/m1/s1. The average molecular weight is 343 g/mol. The summed E-state index contributed by atoms with van der Waals surface area (Å²) in [7, 11) is 0. The van der Waals surface area contributed by atoms with Gasteiger partial charge in [-0.1, -0.05) is 58.3 Å². The summed E-state index contributed by atoms with van der Waals surface area (Å²) >= 11 is 0. The van der Waals surface area contributed by atoms with Gasteiger partial charge in [-0.25, -0.2) is 0 Å². The molecule has 0 aromatic rings. The Morgan fingerprint density at radius 3 is 2.38 bits per heavy atom. The minimum Gasteiger partial charge on any atom is -0.481 e. The molecule has 0 bridgehead atoms. The van der Waals surface area contributed by atoms with E-state index in [1.165, 1.54) is 25.7 Å². The fourth-order valence-electron chi connectivity index (χ4n) is 4.14. The molecule has 0 aliphatic heterocycles. The van der Waals surface area contributed by atoms with Crippen LogP contribution in [-0.4, -0.2) is 33.5 Å². The molecule has 4 atom stereocenters. The molecule has 1 unspecified atom stereocenters. The van der Waals surface area contributed by atoms with Gasteiger partial charge in [-0.2, -0.15) is 0 Å². The topological polar surface area (TPSA) is 77.8 Å². The molecule has 1 aliphatic rings. The highest BCUT2D eigenvalue weighted by Crippen LogP contribution is 2.39. The Morgan fingerprint density at radius 1 is 1.00 bits per heavy atom. The number of hydrogen-bond donors (Lipinski definition) is 3. The first kappa shape index (κ1) is 21.4. The van der Waals surface area contributed by atoms with Crippen LogP contribution in [0.2, 0.25) is 0 Å². The number of aliphatic carboxylic acids is 1. The van der Waals surface area contributed by atoms with Crippen molar-refractivity contribution in [2.24, 2.45) is 11.8 Å². The van der Waals surface area contributed by atoms with Crippen LogP contribution in [0.5, 0.6) is 0 Å². The Kier molecular flexibility index (Phi) is 11.4. The summed E-state index contributed by atoms with van der Waals surface area (Å²) in [5.41, 5.74) is 0. The molecule has 0 amide bonds. The zero-order valence-corrected chi connectivity index (χ0v) is 15.5. The molecule has 1 aliphatic carbocycles. The van der Waals surface area contributed by atoms with Crippen molar-refractivity contribution < 1.29 is 20.1 Å². The van der Waals surface area contributed by atoms with Gasteiger partial charge in [0.1, 0.15) is 0 Å². The Morgan fingerprint density at radius 2 is 1.67 bits per heavy atom. The summed E-state index contributed by atoms with van der Waals surface area (Å²) in [6.07, 6.45) is 13.2. The van der Waals surface area contributed by atoms with Crippen molar-refractivity contribution in [2.75, 3.05) is 0 Å². The summed E-state index contributed by atoms with van der Waals surface area (Å²) < 4.78 is 0. The number of aliphatic hydroxyl groups excluding tert-OH is 2. The number of carbonyl (C=O) groups is 1. The molecule has 24 heavy (non-hydrogen) atoms. The minimum absolute atomic E-state index is 0.232. The van der Waals surface area contributed by atoms with Crippen LogP contribution in [0.15, 0.2) is 0 Å². The molecule has 1 fully saturated rings. The molecule has 0 spiro atoms. The molecule has 0 saturated heterocycles. The first-order valence-corrected chi connectivity index (χ1v) is 10.1. The predicted octanol–water partition coefficient (Wildman–Crippen LogP) is 4.52. The Hall–Kier alpha value is -0.610. The summed E-state index contributed by atoms with van der Waals surface area (Å²) in [4.78, 5) is 10.5. The van der Waals surface area contributed by atoms with E-state index in [-0.39, 0.29) is 30.5 Å². The van der Waals surface area contributed by atoms with E-state index in [1.807, 2.05) is 0 Å². The number of rotatable bonds is 14. The Bertz CT molecular complexity index is 332. The Labute approximate surface area is 147 Å². The van der Waals surface area contributed by atoms with Crippen molar-refractivity contribution in [2.45, 2.75) is 109 Å². The van der Waals surface area contributed by atoms with Crippen molar-refractivity contribution in [1.82, 2.24) is 0 Å². The van der Waals surface area contributed by atoms with Gasteiger partial charge in [0.05, 0.1) is 12.2 Å². The molecule has 4 heteroatoms. The van der Waals surface area contributed by atoms with E-state index in [9.17, 15) is 15.0 Å². The second-order valence-corrected chi connectivity index (χ2v) is 7.59. The quantitative estimate of drug-likeness (QED) is 0.406. The lowest BCUT2D eigenvalue weighted by Gasteiger charge is -2.26. The van der Waals surface area contributed by atoms with Crippen LogP contribution in [0.25, 0.3) is 0 Å². The molecule has 1 saturated carbocycles. The smallest absolute Gasteiger partial charge is 0.303 e. The molecule has 3 N–H and O–H groups in total. The summed E-state index contributed by atoms with van der Waals surface area (Å²) in [5.74, 6) is -0.233. The summed E-state index contributed by atoms with van der Waals surface area (Å²) in [5, 5.41) is 29.4. The van der Waals surface area contributed by atoms with Gasteiger partial charge >= 0.3 is 5.97 Å². The van der Waals surface area contributed by atoms with Gasteiger partial charge < -0.3 is 15.3 Å². The van der Waals surface area contributed by atoms with Crippen LogP contribution >= 0.6 is 0 Å². The number of hydrogen-bond acceptors (Lipinski definition) is 3. The van der Waals surface area contributed by atoms with Crippen molar-refractivity contribution in [3.63, 3.8) is 0 Å². The molecular formula is C20H38O4. The molecule has 0 aromatic carbocycles. The van der Waals surface area contributed by atoms with Crippen LogP contribution < -0.4 is 0 Å². The predicted molar refractivity (Wildman–Crippen MR) is 96.9 cm³/mol. The molecule has 0 radical (unpaired) electrons. The van der Waals surface area contributed by atoms with E-state index >= 15 is 0 Å². The normalized spacial score (nSPS) is 25.0. The zero-order chi connectivity index (χ0) is 17.8. The highest BCUT2D eigenvalue weighted by molar-refractivity contribution is 5.66. The van der Waals surface area contributed by atoms with Crippen LogP contribution in [0.3, 0.4) is 0 Å². The van der Waals surface area contributed by atoms with Crippen LogP contribution in [0.1, 0.15) is 96.8 Å². The maximum atomic E-state index is 10.5. The van der Waals surface area contributed by atoms with Crippen LogP contribution in [0.4, 0.5) is 0 Å². The number of unbranched alkanes of at least 4 members (excludes halogenated alkanes) is 7. The average Bonchev–Trinajstić information content (AvgIpc) is 2.91. The van der Waals surface area contributed by atoms with E-state index in [0.717, 1.165) is 57.8 Å². The van der Waals surface area contributed by atoms with Crippen molar-refractivity contribution in [3.05, 3.63) is 0 Å². The Balaban J connectivity index is 2.21. The van der Waals surface area contributed by atoms with Gasteiger partial charge in [0.2, 0.25) is 0 Å². The van der Waals surface area contributed by atoms with Gasteiger partial charge in [-0.3, -0.25) is 4.79 Å². The SMILES string of the molecule is CCCCCCCC(O)[C@@H]1CC[C@H](O)[C@@H]1CCCCCCC(=O)O. The minimum atomic E-state index is -0.719. The summed E-state index contributed by atoms with van der Waals surface area (Å²) in [6.45, 7) is 2.21. The third-order valence-electron chi connectivity index (χ3n) is 5.62. The molecule has 4 nitrogen and oxygen atoms in total. The molecule has 0 heterocycles. The zero-order valence-electron chi connectivity index (χ0n) is 15.5. The lowest BCUT2D eigenvalue weighted by Crippen LogP contribution is -2.28. The van der Waals surface area contributed by atoms with Crippen LogP contribution in [0, 0.1) is 11.8 Å². The number of aliphatic hydroxyl groups is 2. The van der Waals surface area contributed by atoms with Gasteiger partial charge in [0.25, 0.3) is 0 Å². The third-order valence-corrected chi connectivity index (χ3v) is 5.62. The monoisotopic (exact) mass is 342 g/mol. The first-order valence-electron chi connectivity index (χ1n) is 10.1. The van der Waals surface area contributed by atoms with Gasteiger partial charge in [-0.05, 0) is 43.9 Å². The van der Waals surface area contributed by atoms with E-state index in [2.05, 4.69) is 6.92 Å². The molecular weight excluding hydrogens is 304 g/mol. The maximum absolute atomic E-state index is 10.5. The lowest BCUT2D eigenvalue weighted by molar-refractivity contribution is -0.137. The third kappa shape index (κ3) is 8.48. The van der Waals surface area contributed by atoms with Crippen LogP contribution in [-0.2, 0) is 4.79 Å². The van der Waals surface area contributed by atoms with Gasteiger partial charge in [0.15, 0.2) is 0 Å². The highest BCUT2D eigenvalue weighted by atomic mass is 16.4. The molecule has 1 rings (SSSR count). The first-order chi connectivity index (χ1) is 11.6. The number of carboxylic acids is 1. The maximum Gasteiger partial charge on any atom is 0.303 e. The fourth-order valence-corrected chi connectivity index (χ4v) is 4.14. The van der Waals surface area contributed by atoms with E-state index in [4.69, 9.17) is 5.11 Å². The second-order valence-electron chi connectivity index (χ2n) is 7.59. The van der Waals surface area contributed by atoms with Crippen molar-refractivity contribution in [3.8, 4) is 0 Å². The van der Waals surface area contributed by atoms with Gasteiger partial charge in [0, 0.05) is 6.42 Å². The molecule has 142 valence electrons.